The standard InChI is InChI=1S/C17H18BrNO/c1-11-9-13(3-5-15(11)18)17(19-2)14-4-6-16-12(10-14)7-8-20-16/h3-6,9-10,17,19H,7-8H2,1-2H3. The Morgan fingerprint density at radius 3 is 2.65 bits per heavy atom. The molecule has 0 radical (unpaired) electrons. The average Bonchev–Trinajstić information content (AvgIpc) is 2.91. The van der Waals surface area contributed by atoms with Crippen LogP contribution < -0.4 is 10.1 Å². The number of fused-ring (bicyclic) bond motifs is 1. The lowest BCUT2D eigenvalue weighted by Gasteiger charge is -2.19. The molecule has 104 valence electrons. The summed E-state index contributed by atoms with van der Waals surface area (Å²) in [6, 6.07) is 13.2. The average molecular weight is 332 g/mol. The highest BCUT2D eigenvalue weighted by Crippen LogP contribution is 2.31. The first kappa shape index (κ1) is 13.7. The molecule has 0 fully saturated rings. The van der Waals surface area contributed by atoms with E-state index in [4.69, 9.17) is 4.74 Å². The Balaban J connectivity index is 1.98. The molecule has 1 aliphatic rings. The van der Waals surface area contributed by atoms with Crippen LogP contribution >= 0.6 is 15.9 Å². The first-order chi connectivity index (χ1) is 9.69. The molecule has 0 saturated heterocycles. The van der Waals surface area contributed by atoms with Crippen LogP contribution in [0.15, 0.2) is 40.9 Å². The van der Waals surface area contributed by atoms with Crippen molar-refractivity contribution < 1.29 is 4.74 Å². The van der Waals surface area contributed by atoms with Crippen LogP contribution in [0.4, 0.5) is 0 Å². The van der Waals surface area contributed by atoms with E-state index in [0.717, 1.165) is 23.2 Å². The molecule has 0 bridgehead atoms. The predicted molar refractivity (Wildman–Crippen MR) is 85.4 cm³/mol. The third-order valence-corrected chi connectivity index (χ3v) is 4.74. The van der Waals surface area contributed by atoms with Gasteiger partial charge in [0.05, 0.1) is 12.6 Å². The molecule has 0 aliphatic carbocycles. The van der Waals surface area contributed by atoms with E-state index in [9.17, 15) is 0 Å². The van der Waals surface area contributed by atoms with Gasteiger partial charge < -0.3 is 10.1 Å². The van der Waals surface area contributed by atoms with E-state index in [0.29, 0.717) is 0 Å². The fourth-order valence-electron chi connectivity index (χ4n) is 2.76. The third kappa shape index (κ3) is 2.48. The molecular weight excluding hydrogens is 314 g/mol. The van der Waals surface area contributed by atoms with Crippen molar-refractivity contribution in [2.24, 2.45) is 0 Å². The van der Waals surface area contributed by atoms with Crippen LogP contribution in [0.3, 0.4) is 0 Å². The van der Waals surface area contributed by atoms with Gasteiger partial charge in [-0.1, -0.05) is 40.2 Å². The predicted octanol–water partition coefficient (Wildman–Crippen LogP) is 4.00. The molecule has 0 aromatic heterocycles. The summed E-state index contributed by atoms with van der Waals surface area (Å²) in [6.07, 6.45) is 1.01. The second kappa shape index (κ2) is 5.58. The van der Waals surface area contributed by atoms with Gasteiger partial charge in [-0.3, -0.25) is 0 Å². The summed E-state index contributed by atoms with van der Waals surface area (Å²) < 4.78 is 6.73. The topological polar surface area (TPSA) is 21.3 Å². The molecule has 0 spiro atoms. The van der Waals surface area contributed by atoms with Gasteiger partial charge in [0.15, 0.2) is 0 Å². The van der Waals surface area contributed by atoms with Gasteiger partial charge in [0.1, 0.15) is 5.75 Å². The highest BCUT2D eigenvalue weighted by molar-refractivity contribution is 9.10. The van der Waals surface area contributed by atoms with Gasteiger partial charge in [-0.15, -0.1) is 0 Å². The van der Waals surface area contributed by atoms with Crippen molar-refractivity contribution in [3.05, 3.63) is 63.1 Å². The molecule has 2 nitrogen and oxygen atoms in total. The molecule has 0 saturated carbocycles. The van der Waals surface area contributed by atoms with Crippen molar-refractivity contribution in [1.82, 2.24) is 5.32 Å². The lowest BCUT2D eigenvalue weighted by Crippen LogP contribution is -2.17. The van der Waals surface area contributed by atoms with Gasteiger partial charge in [0.2, 0.25) is 0 Å². The first-order valence-electron chi connectivity index (χ1n) is 6.88. The monoisotopic (exact) mass is 331 g/mol. The SMILES string of the molecule is CNC(c1ccc(Br)c(C)c1)c1ccc2c(c1)CCO2. The Kier molecular flexibility index (Phi) is 3.81. The van der Waals surface area contributed by atoms with Crippen LogP contribution in [0.1, 0.15) is 28.3 Å². The number of aryl methyl sites for hydroxylation is 1. The van der Waals surface area contributed by atoms with Gasteiger partial charge in [-0.25, -0.2) is 0 Å². The summed E-state index contributed by atoms with van der Waals surface area (Å²) in [7, 11) is 2.01. The molecule has 3 rings (SSSR count). The molecule has 1 atom stereocenters. The Morgan fingerprint density at radius 2 is 1.90 bits per heavy atom. The van der Waals surface area contributed by atoms with Crippen LogP contribution in [0.2, 0.25) is 0 Å². The zero-order valence-corrected chi connectivity index (χ0v) is 13.3. The number of nitrogens with one attached hydrogen (secondary N) is 1. The molecule has 3 heteroatoms. The normalized spacial score (nSPS) is 14.8. The van der Waals surface area contributed by atoms with Crippen molar-refractivity contribution in [1.29, 1.82) is 0 Å². The minimum Gasteiger partial charge on any atom is -0.493 e. The second-order valence-electron chi connectivity index (χ2n) is 5.20. The Bertz CT molecular complexity index is 639. The Labute approximate surface area is 128 Å². The fraction of sp³-hybridized carbons (Fsp3) is 0.294. The number of halogens is 1. The third-order valence-electron chi connectivity index (χ3n) is 3.85. The van der Waals surface area contributed by atoms with Crippen molar-refractivity contribution in [3.63, 3.8) is 0 Å². The second-order valence-corrected chi connectivity index (χ2v) is 6.05. The lowest BCUT2D eigenvalue weighted by molar-refractivity contribution is 0.357. The highest BCUT2D eigenvalue weighted by Gasteiger charge is 2.17. The van der Waals surface area contributed by atoms with Crippen LogP contribution in [0.25, 0.3) is 0 Å². The molecule has 1 N–H and O–H groups in total. The van der Waals surface area contributed by atoms with E-state index in [1.807, 2.05) is 7.05 Å². The van der Waals surface area contributed by atoms with Crippen LogP contribution in [0, 0.1) is 6.92 Å². The molecule has 2 aromatic carbocycles. The maximum absolute atomic E-state index is 5.58. The minimum absolute atomic E-state index is 0.215. The van der Waals surface area contributed by atoms with E-state index in [1.54, 1.807) is 0 Å². The van der Waals surface area contributed by atoms with Gasteiger partial charge in [-0.05, 0) is 48.4 Å². The summed E-state index contributed by atoms with van der Waals surface area (Å²) in [4.78, 5) is 0. The Hall–Kier alpha value is -1.32. The lowest BCUT2D eigenvalue weighted by atomic mass is 9.95. The van der Waals surface area contributed by atoms with E-state index in [2.05, 4.69) is 64.6 Å². The van der Waals surface area contributed by atoms with Crippen molar-refractivity contribution >= 4 is 15.9 Å². The largest absolute Gasteiger partial charge is 0.493 e. The number of ether oxygens (including phenoxy) is 1. The maximum Gasteiger partial charge on any atom is 0.122 e. The summed E-state index contributed by atoms with van der Waals surface area (Å²) >= 11 is 3.56. The van der Waals surface area contributed by atoms with E-state index in [-0.39, 0.29) is 6.04 Å². The van der Waals surface area contributed by atoms with Gasteiger partial charge >= 0.3 is 0 Å². The molecule has 1 aliphatic heterocycles. The Morgan fingerprint density at radius 1 is 1.15 bits per heavy atom. The minimum atomic E-state index is 0.215. The summed E-state index contributed by atoms with van der Waals surface area (Å²) in [5.74, 6) is 1.04. The van der Waals surface area contributed by atoms with E-state index < -0.39 is 0 Å². The van der Waals surface area contributed by atoms with Gasteiger partial charge in [0, 0.05) is 10.9 Å². The summed E-state index contributed by atoms with van der Waals surface area (Å²) in [5.41, 5.74) is 5.15. The van der Waals surface area contributed by atoms with Crippen LogP contribution in [-0.2, 0) is 6.42 Å². The van der Waals surface area contributed by atoms with Crippen LogP contribution in [0.5, 0.6) is 5.75 Å². The van der Waals surface area contributed by atoms with Crippen LogP contribution in [-0.4, -0.2) is 13.7 Å². The van der Waals surface area contributed by atoms with Gasteiger partial charge in [-0.2, -0.15) is 0 Å². The molecule has 2 aromatic rings. The molecule has 20 heavy (non-hydrogen) atoms. The van der Waals surface area contributed by atoms with E-state index >= 15 is 0 Å². The van der Waals surface area contributed by atoms with Crippen molar-refractivity contribution in [2.75, 3.05) is 13.7 Å². The number of benzene rings is 2. The number of hydrogen-bond acceptors (Lipinski definition) is 2. The zero-order chi connectivity index (χ0) is 14.1. The number of hydrogen-bond donors (Lipinski definition) is 1. The van der Waals surface area contributed by atoms with Crippen molar-refractivity contribution in [3.8, 4) is 5.75 Å². The molecule has 1 heterocycles. The zero-order valence-electron chi connectivity index (χ0n) is 11.7. The fourth-order valence-corrected chi connectivity index (χ4v) is 3.01. The summed E-state index contributed by atoms with van der Waals surface area (Å²) in [6.45, 7) is 2.93. The number of rotatable bonds is 3. The molecule has 1 unspecified atom stereocenters. The van der Waals surface area contributed by atoms with E-state index in [1.165, 1.54) is 22.3 Å². The maximum atomic E-state index is 5.58. The van der Waals surface area contributed by atoms with Crippen molar-refractivity contribution in [2.45, 2.75) is 19.4 Å². The molecular formula is C17H18BrNO. The smallest absolute Gasteiger partial charge is 0.122 e. The first-order valence-corrected chi connectivity index (χ1v) is 7.67. The quantitative estimate of drug-likeness (QED) is 0.917. The summed E-state index contributed by atoms with van der Waals surface area (Å²) in [5, 5.41) is 3.42. The highest BCUT2D eigenvalue weighted by atomic mass is 79.9. The molecule has 0 amide bonds. The van der Waals surface area contributed by atoms with Gasteiger partial charge in [0.25, 0.3) is 0 Å².